The second-order valence-electron chi connectivity index (χ2n) is 10.4. The normalized spacial score (nSPS) is 14.8. The zero-order valence-electron chi connectivity index (χ0n) is 22.7. The average Bonchev–Trinajstić information content (AvgIpc) is 3.42. The number of piperazine rings is 1. The molecule has 0 unspecified atom stereocenters. The van der Waals surface area contributed by atoms with Crippen molar-refractivity contribution in [2.45, 2.75) is 39.2 Å². The van der Waals surface area contributed by atoms with Crippen LogP contribution in [0.2, 0.25) is 5.02 Å². The number of anilines is 1. The summed E-state index contributed by atoms with van der Waals surface area (Å²) in [5.74, 6) is -0.420. The van der Waals surface area contributed by atoms with E-state index in [-0.39, 0.29) is 23.7 Å². The van der Waals surface area contributed by atoms with Gasteiger partial charge in [-0.3, -0.25) is 4.79 Å². The number of carbonyl (C=O) groups excluding carboxylic acids is 1. The first-order valence-electron chi connectivity index (χ1n) is 13.6. The lowest BCUT2D eigenvalue weighted by Crippen LogP contribution is -2.51. The molecule has 0 spiro atoms. The second kappa shape index (κ2) is 11.8. The minimum Gasteiger partial charge on any atom is -0.367 e. The number of hydrogen-bond acceptors (Lipinski definition) is 4. The zero-order chi connectivity index (χ0) is 27.5. The van der Waals surface area contributed by atoms with Crippen LogP contribution in [0.3, 0.4) is 0 Å². The maximum absolute atomic E-state index is 14.5. The number of aromatic nitrogens is 2. The lowest BCUT2D eigenvalue weighted by Gasteiger charge is -2.38. The highest BCUT2D eigenvalue weighted by molar-refractivity contribution is 6.30. The van der Waals surface area contributed by atoms with Crippen LogP contribution >= 0.6 is 11.6 Å². The standard InChI is InChI=1S/C31H35ClFN5O/c1-4-21-15-23(17-25(33)16-21)27-18-36-30-26(9-10-34-30)29(27)37-11-13-38(14-12-37)31(39)28(19-35-20(2)3)22-5-7-24(32)8-6-22/h5-10,15-18,20,28,35H,4,11-14,19H2,1-3H3,(H,34,36)/t28-/m1/s1. The number of aromatic amines is 1. The molecule has 3 heterocycles. The number of benzene rings is 2. The van der Waals surface area contributed by atoms with E-state index in [0.29, 0.717) is 37.7 Å². The fraction of sp³-hybridized carbons (Fsp3) is 0.355. The zero-order valence-corrected chi connectivity index (χ0v) is 23.4. The van der Waals surface area contributed by atoms with E-state index < -0.39 is 0 Å². The van der Waals surface area contributed by atoms with E-state index >= 15 is 0 Å². The molecule has 1 fully saturated rings. The smallest absolute Gasteiger partial charge is 0.231 e. The first-order valence-corrected chi connectivity index (χ1v) is 14.0. The molecule has 0 radical (unpaired) electrons. The Labute approximate surface area is 234 Å². The van der Waals surface area contributed by atoms with Crippen molar-refractivity contribution < 1.29 is 9.18 Å². The van der Waals surface area contributed by atoms with E-state index in [0.717, 1.165) is 45.4 Å². The number of hydrogen-bond donors (Lipinski definition) is 2. The number of nitrogens with zero attached hydrogens (tertiary/aromatic N) is 3. The van der Waals surface area contributed by atoms with Gasteiger partial charge >= 0.3 is 0 Å². The molecule has 2 aromatic carbocycles. The van der Waals surface area contributed by atoms with Crippen molar-refractivity contribution in [2.75, 3.05) is 37.6 Å². The summed E-state index contributed by atoms with van der Waals surface area (Å²) in [4.78, 5) is 25.9. The van der Waals surface area contributed by atoms with Crippen LogP contribution in [0.25, 0.3) is 22.2 Å². The highest BCUT2D eigenvalue weighted by atomic mass is 35.5. The Morgan fingerprint density at radius 2 is 1.85 bits per heavy atom. The molecule has 6 nitrogen and oxygen atoms in total. The summed E-state index contributed by atoms with van der Waals surface area (Å²) in [5, 5.41) is 5.09. The SMILES string of the molecule is CCc1cc(F)cc(-c2cnc3[nH]ccc3c2N2CCN(C(=O)[C@H](CNC(C)C)c3ccc(Cl)cc3)CC2)c1. The van der Waals surface area contributed by atoms with Gasteiger partial charge in [0.15, 0.2) is 0 Å². The van der Waals surface area contributed by atoms with Crippen LogP contribution < -0.4 is 10.2 Å². The first kappa shape index (κ1) is 27.2. The number of amides is 1. The van der Waals surface area contributed by atoms with Gasteiger partial charge in [0, 0.05) is 67.1 Å². The lowest BCUT2D eigenvalue weighted by atomic mass is 9.96. The highest BCUT2D eigenvalue weighted by Crippen LogP contribution is 2.37. The van der Waals surface area contributed by atoms with Crippen LogP contribution in [0, 0.1) is 5.82 Å². The molecule has 8 heteroatoms. The van der Waals surface area contributed by atoms with Crippen molar-refractivity contribution in [1.29, 1.82) is 0 Å². The lowest BCUT2D eigenvalue weighted by molar-refractivity contribution is -0.133. The fourth-order valence-corrected chi connectivity index (χ4v) is 5.45. The van der Waals surface area contributed by atoms with Crippen LogP contribution in [-0.4, -0.2) is 59.5 Å². The van der Waals surface area contributed by atoms with Gasteiger partial charge in [0.2, 0.25) is 5.91 Å². The number of halogens is 2. The summed E-state index contributed by atoms with van der Waals surface area (Å²) < 4.78 is 14.5. The van der Waals surface area contributed by atoms with E-state index in [9.17, 15) is 9.18 Å². The maximum atomic E-state index is 14.5. The predicted octanol–water partition coefficient (Wildman–Crippen LogP) is 6.02. The molecule has 1 aliphatic heterocycles. The van der Waals surface area contributed by atoms with Crippen LogP contribution in [-0.2, 0) is 11.2 Å². The first-order chi connectivity index (χ1) is 18.8. The number of pyridine rings is 1. The van der Waals surface area contributed by atoms with Crippen LogP contribution in [0.4, 0.5) is 10.1 Å². The Bertz CT molecular complexity index is 1440. The minimum absolute atomic E-state index is 0.115. The summed E-state index contributed by atoms with van der Waals surface area (Å²) in [6.07, 6.45) is 4.46. The van der Waals surface area contributed by atoms with Crippen molar-refractivity contribution in [2.24, 2.45) is 0 Å². The monoisotopic (exact) mass is 547 g/mol. The molecule has 1 amide bonds. The van der Waals surface area contributed by atoms with Gasteiger partial charge in [-0.15, -0.1) is 0 Å². The molecule has 5 rings (SSSR count). The third kappa shape index (κ3) is 5.94. The van der Waals surface area contributed by atoms with Gasteiger partial charge in [0.05, 0.1) is 11.6 Å². The van der Waals surface area contributed by atoms with Crippen LogP contribution in [0.15, 0.2) is 60.9 Å². The van der Waals surface area contributed by atoms with E-state index in [2.05, 4.69) is 34.0 Å². The summed E-state index contributed by atoms with van der Waals surface area (Å²) >= 11 is 6.12. The van der Waals surface area contributed by atoms with Crippen LogP contribution in [0.1, 0.15) is 37.8 Å². The number of nitrogens with one attached hydrogen (secondary N) is 2. The van der Waals surface area contributed by atoms with Crippen LogP contribution in [0.5, 0.6) is 0 Å². The van der Waals surface area contributed by atoms with Crippen molar-refractivity contribution in [3.63, 3.8) is 0 Å². The van der Waals surface area contributed by atoms with Gasteiger partial charge in [-0.1, -0.05) is 50.6 Å². The Morgan fingerprint density at radius 3 is 2.54 bits per heavy atom. The Morgan fingerprint density at radius 1 is 1.10 bits per heavy atom. The third-order valence-electron chi connectivity index (χ3n) is 7.44. The van der Waals surface area contributed by atoms with E-state index in [1.54, 1.807) is 12.1 Å². The average molecular weight is 548 g/mol. The topological polar surface area (TPSA) is 64.3 Å². The molecule has 2 N–H and O–H groups in total. The Balaban J connectivity index is 1.41. The second-order valence-corrected chi connectivity index (χ2v) is 10.9. The molecule has 0 aliphatic carbocycles. The number of fused-ring (bicyclic) bond motifs is 1. The molecule has 0 bridgehead atoms. The summed E-state index contributed by atoms with van der Waals surface area (Å²) in [6.45, 7) is 9.29. The molecule has 39 heavy (non-hydrogen) atoms. The number of carbonyl (C=O) groups is 1. The molecule has 1 aliphatic rings. The molecule has 4 aromatic rings. The molecule has 0 saturated carbocycles. The van der Waals surface area contributed by atoms with Crippen molar-refractivity contribution in [3.8, 4) is 11.1 Å². The molecular formula is C31H35ClFN5O. The Kier molecular flexibility index (Phi) is 8.19. The minimum atomic E-state index is -0.288. The van der Waals surface area contributed by atoms with Gasteiger partial charge in [0.1, 0.15) is 11.5 Å². The van der Waals surface area contributed by atoms with Crippen molar-refractivity contribution >= 4 is 34.2 Å². The van der Waals surface area contributed by atoms with Gasteiger partial charge < -0.3 is 20.1 Å². The van der Waals surface area contributed by atoms with Gasteiger partial charge in [-0.05, 0) is 53.4 Å². The summed E-state index contributed by atoms with van der Waals surface area (Å²) in [7, 11) is 0. The van der Waals surface area contributed by atoms with Gasteiger partial charge in [-0.25, -0.2) is 9.37 Å². The van der Waals surface area contributed by atoms with E-state index in [1.807, 2.05) is 60.6 Å². The molecule has 204 valence electrons. The highest BCUT2D eigenvalue weighted by Gasteiger charge is 2.30. The third-order valence-corrected chi connectivity index (χ3v) is 7.70. The van der Waals surface area contributed by atoms with Crippen molar-refractivity contribution in [1.82, 2.24) is 20.2 Å². The Hall–Kier alpha value is -3.42. The predicted molar refractivity (Wildman–Crippen MR) is 157 cm³/mol. The number of H-pyrrole nitrogens is 1. The maximum Gasteiger partial charge on any atom is 0.231 e. The van der Waals surface area contributed by atoms with Gasteiger partial charge in [0.25, 0.3) is 0 Å². The summed E-state index contributed by atoms with van der Waals surface area (Å²) in [6, 6.07) is 15.1. The number of aryl methyl sites for hydroxylation is 1. The quantitative estimate of drug-likeness (QED) is 0.283. The van der Waals surface area contributed by atoms with E-state index in [4.69, 9.17) is 11.6 Å². The largest absolute Gasteiger partial charge is 0.367 e. The fourth-order valence-electron chi connectivity index (χ4n) is 5.32. The molecule has 1 atom stereocenters. The molecular weight excluding hydrogens is 513 g/mol. The van der Waals surface area contributed by atoms with E-state index in [1.165, 1.54) is 0 Å². The molecule has 1 saturated heterocycles. The number of rotatable bonds is 8. The molecule has 2 aromatic heterocycles. The van der Waals surface area contributed by atoms with Gasteiger partial charge in [-0.2, -0.15) is 0 Å². The van der Waals surface area contributed by atoms with Crippen molar-refractivity contribution in [3.05, 3.63) is 82.9 Å². The summed E-state index contributed by atoms with van der Waals surface area (Å²) in [5.41, 5.74) is 5.44.